The van der Waals surface area contributed by atoms with Gasteiger partial charge in [0.05, 0.1) is 0 Å². The first-order chi connectivity index (χ1) is 6.53. The normalized spacial score (nSPS) is 11.4. The molecule has 5 heteroatoms. The monoisotopic (exact) mass is 307 g/mol. The highest BCUT2D eigenvalue weighted by Gasteiger charge is 2.16. The number of anilines is 1. The molecule has 0 aliphatic rings. The molecule has 4 nitrogen and oxygen atoms in total. The van der Waals surface area contributed by atoms with Crippen LogP contribution >= 0.6 is 22.6 Å². The van der Waals surface area contributed by atoms with Gasteiger partial charge >= 0.3 is 0 Å². The van der Waals surface area contributed by atoms with Gasteiger partial charge in [-0.15, -0.1) is 0 Å². The molecule has 0 saturated carbocycles. The maximum atomic E-state index is 9.03. The lowest BCUT2D eigenvalue weighted by Gasteiger charge is -2.21. The maximum absolute atomic E-state index is 9.03. The van der Waals surface area contributed by atoms with Crippen molar-refractivity contribution in [3.05, 3.63) is 16.0 Å². The second kappa shape index (κ2) is 4.88. The molecule has 78 valence electrons. The van der Waals surface area contributed by atoms with E-state index in [1.54, 1.807) is 12.4 Å². The van der Waals surface area contributed by atoms with E-state index >= 15 is 0 Å². The van der Waals surface area contributed by atoms with E-state index in [2.05, 4.69) is 37.9 Å². The van der Waals surface area contributed by atoms with Crippen LogP contribution in [0.25, 0.3) is 0 Å². The van der Waals surface area contributed by atoms with E-state index in [1.807, 2.05) is 13.8 Å². The van der Waals surface area contributed by atoms with Crippen LogP contribution in [0.1, 0.15) is 13.8 Å². The molecule has 0 bridgehead atoms. The van der Waals surface area contributed by atoms with E-state index in [-0.39, 0.29) is 12.0 Å². The lowest BCUT2D eigenvalue weighted by molar-refractivity contribution is 0.170. The average Bonchev–Trinajstić information content (AvgIpc) is 2.17. The summed E-state index contributed by atoms with van der Waals surface area (Å²) in [5, 5.41) is 12.1. The first-order valence-corrected chi connectivity index (χ1v) is 5.44. The zero-order valence-corrected chi connectivity index (χ0v) is 10.4. The number of nitrogens with zero attached hydrogens (tertiary/aromatic N) is 2. The van der Waals surface area contributed by atoms with Crippen molar-refractivity contribution in [3.63, 3.8) is 0 Å². The molecule has 0 amide bonds. The Bertz CT molecular complexity index is 287. The fourth-order valence-electron chi connectivity index (χ4n) is 0.778. The number of aliphatic hydroxyl groups excluding tert-OH is 1. The van der Waals surface area contributed by atoms with E-state index in [4.69, 9.17) is 5.11 Å². The molecule has 1 aromatic rings. The summed E-state index contributed by atoms with van der Waals surface area (Å²) >= 11 is 2.16. The zero-order valence-electron chi connectivity index (χ0n) is 8.29. The fraction of sp³-hybridized carbons (Fsp3) is 0.556. The first kappa shape index (κ1) is 11.6. The minimum absolute atomic E-state index is 0.143. The van der Waals surface area contributed by atoms with Crippen molar-refractivity contribution in [2.75, 3.05) is 18.5 Å². The molecule has 0 aliphatic carbocycles. The van der Waals surface area contributed by atoms with Gasteiger partial charge in [0.1, 0.15) is 0 Å². The zero-order chi connectivity index (χ0) is 10.6. The summed E-state index contributed by atoms with van der Waals surface area (Å²) in [7, 11) is 0. The molecular formula is C9H14IN3O. The summed E-state index contributed by atoms with van der Waals surface area (Å²) in [6.45, 7) is 4.76. The molecule has 1 rings (SSSR count). The van der Waals surface area contributed by atoms with Crippen molar-refractivity contribution in [1.29, 1.82) is 0 Å². The van der Waals surface area contributed by atoms with Crippen molar-refractivity contribution < 1.29 is 5.11 Å². The number of hydrogen-bond donors (Lipinski definition) is 2. The quantitative estimate of drug-likeness (QED) is 0.828. The number of halogens is 1. The van der Waals surface area contributed by atoms with E-state index < -0.39 is 0 Å². The third-order valence-corrected chi connectivity index (χ3v) is 2.33. The second-order valence-electron chi connectivity index (χ2n) is 3.90. The second-order valence-corrected chi connectivity index (χ2v) is 5.15. The van der Waals surface area contributed by atoms with Gasteiger partial charge in [-0.1, -0.05) is 13.8 Å². The molecule has 0 spiro atoms. The van der Waals surface area contributed by atoms with Gasteiger partial charge < -0.3 is 10.4 Å². The molecule has 1 aromatic heterocycles. The minimum Gasteiger partial charge on any atom is -0.396 e. The maximum Gasteiger partial charge on any atom is 0.222 e. The lowest BCUT2D eigenvalue weighted by atomic mass is 9.95. The molecule has 1 heterocycles. The van der Waals surface area contributed by atoms with Crippen LogP contribution in [0.4, 0.5) is 5.95 Å². The highest BCUT2D eigenvalue weighted by Crippen LogP contribution is 2.13. The Morgan fingerprint density at radius 2 is 2.00 bits per heavy atom. The lowest BCUT2D eigenvalue weighted by Crippen LogP contribution is -2.27. The van der Waals surface area contributed by atoms with Gasteiger partial charge in [-0.05, 0) is 22.6 Å². The third kappa shape index (κ3) is 3.75. The molecule has 0 atom stereocenters. The average molecular weight is 307 g/mol. The minimum atomic E-state index is -0.146. The van der Waals surface area contributed by atoms with Gasteiger partial charge in [-0.25, -0.2) is 9.97 Å². The molecule has 0 saturated heterocycles. The Morgan fingerprint density at radius 3 is 2.50 bits per heavy atom. The highest BCUT2D eigenvalue weighted by atomic mass is 127. The van der Waals surface area contributed by atoms with Gasteiger partial charge in [0, 0.05) is 34.5 Å². The van der Waals surface area contributed by atoms with Crippen molar-refractivity contribution in [1.82, 2.24) is 9.97 Å². The number of nitrogens with one attached hydrogen (secondary N) is 1. The predicted molar refractivity (Wildman–Crippen MR) is 64.1 cm³/mol. The number of aromatic nitrogens is 2. The molecule has 0 unspecified atom stereocenters. The summed E-state index contributed by atoms with van der Waals surface area (Å²) in [6, 6.07) is 0. The van der Waals surface area contributed by atoms with Crippen LogP contribution in [0.3, 0.4) is 0 Å². The van der Waals surface area contributed by atoms with Crippen molar-refractivity contribution in [2.45, 2.75) is 13.8 Å². The largest absolute Gasteiger partial charge is 0.396 e. The summed E-state index contributed by atoms with van der Waals surface area (Å²) in [5.74, 6) is 0.604. The van der Waals surface area contributed by atoms with Crippen LogP contribution in [-0.2, 0) is 0 Å². The van der Waals surface area contributed by atoms with Crippen LogP contribution in [0, 0.1) is 8.99 Å². The smallest absolute Gasteiger partial charge is 0.222 e. The van der Waals surface area contributed by atoms with Crippen molar-refractivity contribution in [2.24, 2.45) is 5.41 Å². The number of hydrogen-bond acceptors (Lipinski definition) is 4. The number of rotatable bonds is 4. The van der Waals surface area contributed by atoms with Crippen LogP contribution in [0.5, 0.6) is 0 Å². The van der Waals surface area contributed by atoms with Gasteiger partial charge in [0.25, 0.3) is 0 Å². The molecule has 0 radical (unpaired) electrons. The van der Waals surface area contributed by atoms with E-state index in [1.165, 1.54) is 0 Å². The molecule has 2 N–H and O–H groups in total. The van der Waals surface area contributed by atoms with Gasteiger partial charge in [0.2, 0.25) is 5.95 Å². The summed E-state index contributed by atoms with van der Waals surface area (Å²) < 4.78 is 1.01. The Labute approximate surface area is 97.3 Å². The number of aliphatic hydroxyl groups is 1. The van der Waals surface area contributed by atoms with E-state index in [0.717, 1.165) is 3.57 Å². The van der Waals surface area contributed by atoms with Crippen LogP contribution in [0.2, 0.25) is 0 Å². The SMILES string of the molecule is CC(C)(CO)CNc1ncc(I)cn1. The predicted octanol–water partition coefficient (Wildman–Crippen LogP) is 1.51. The molecule has 0 fully saturated rings. The molecule has 0 aliphatic heterocycles. The van der Waals surface area contributed by atoms with Crippen molar-refractivity contribution >= 4 is 28.5 Å². The van der Waals surface area contributed by atoms with Crippen LogP contribution in [0.15, 0.2) is 12.4 Å². The van der Waals surface area contributed by atoms with Crippen molar-refractivity contribution in [3.8, 4) is 0 Å². The van der Waals surface area contributed by atoms with Gasteiger partial charge in [-0.3, -0.25) is 0 Å². The third-order valence-electron chi connectivity index (χ3n) is 1.77. The summed E-state index contributed by atoms with van der Waals surface area (Å²) in [5.41, 5.74) is -0.146. The molecule has 0 aromatic carbocycles. The summed E-state index contributed by atoms with van der Waals surface area (Å²) in [4.78, 5) is 8.21. The Morgan fingerprint density at radius 1 is 1.43 bits per heavy atom. The Kier molecular flexibility index (Phi) is 4.06. The molecular weight excluding hydrogens is 293 g/mol. The standard InChI is InChI=1S/C9H14IN3O/c1-9(2,6-14)5-13-8-11-3-7(10)4-12-8/h3-4,14H,5-6H2,1-2H3,(H,11,12,13). The summed E-state index contributed by atoms with van der Waals surface area (Å²) in [6.07, 6.45) is 3.50. The van der Waals surface area contributed by atoms with Crippen LogP contribution < -0.4 is 5.32 Å². The van der Waals surface area contributed by atoms with Crippen LogP contribution in [-0.4, -0.2) is 28.2 Å². The fourth-order valence-corrected chi connectivity index (χ4v) is 1.06. The Balaban J connectivity index is 2.50. The van der Waals surface area contributed by atoms with E-state index in [9.17, 15) is 0 Å². The molecule has 14 heavy (non-hydrogen) atoms. The van der Waals surface area contributed by atoms with E-state index in [0.29, 0.717) is 12.5 Å². The van der Waals surface area contributed by atoms with Gasteiger partial charge in [0.15, 0.2) is 0 Å². The Hall–Kier alpha value is -0.430. The highest BCUT2D eigenvalue weighted by molar-refractivity contribution is 14.1. The topological polar surface area (TPSA) is 58.0 Å². The van der Waals surface area contributed by atoms with Gasteiger partial charge in [-0.2, -0.15) is 0 Å². The first-order valence-electron chi connectivity index (χ1n) is 4.36.